The zero-order chi connectivity index (χ0) is 15.6. The Bertz CT molecular complexity index is 812. The molecule has 104 valence electrons. The van der Waals surface area contributed by atoms with Gasteiger partial charge in [0, 0.05) is 6.20 Å². The van der Waals surface area contributed by atoms with Gasteiger partial charge in [0.25, 0.3) is 0 Å². The molecule has 0 aliphatic rings. The maximum absolute atomic E-state index is 14.0. The van der Waals surface area contributed by atoms with E-state index in [4.69, 9.17) is 16.3 Å². The fourth-order valence-electron chi connectivity index (χ4n) is 1.87. The molecule has 2 rings (SSSR count). The number of halogens is 1. The van der Waals surface area contributed by atoms with Gasteiger partial charge in [-0.15, -0.1) is 0 Å². The summed E-state index contributed by atoms with van der Waals surface area (Å²) in [6.07, 6.45) is 1.22. The van der Waals surface area contributed by atoms with Crippen LogP contribution < -0.4 is 5.73 Å². The molecule has 0 radical (unpaired) electrons. The second-order valence-electron chi connectivity index (χ2n) is 4.06. The highest BCUT2D eigenvalue weighted by atomic mass is 19.1. The third-order valence-corrected chi connectivity index (χ3v) is 2.88. The number of methoxy groups -OCH3 is 1. The van der Waals surface area contributed by atoms with Gasteiger partial charge in [0.05, 0.1) is 35.7 Å². The lowest BCUT2D eigenvalue weighted by Crippen LogP contribution is -2.12. The summed E-state index contributed by atoms with van der Waals surface area (Å²) in [5.41, 5.74) is 5.59. The minimum Gasteiger partial charge on any atom is -0.464 e. The Labute approximate surface area is 119 Å². The maximum atomic E-state index is 14.0. The van der Waals surface area contributed by atoms with Gasteiger partial charge in [-0.05, 0) is 18.2 Å². The molecule has 0 spiro atoms. The van der Waals surface area contributed by atoms with Crippen LogP contribution in [-0.4, -0.2) is 17.6 Å². The normalized spacial score (nSPS) is 9.71. The number of anilines is 1. The molecule has 1 aromatic heterocycles. The lowest BCUT2D eigenvalue weighted by atomic mass is 10.2. The molecule has 7 heteroatoms. The van der Waals surface area contributed by atoms with Crippen LogP contribution in [-0.2, 0) is 4.74 Å². The van der Waals surface area contributed by atoms with Gasteiger partial charge >= 0.3 is 5.97 Å². The van der Waals surface area contributed by atoms with Crippen LogP contribution in [0.4, 0.5) is 10.1 Å². The molecule has 6 nitrogen and oxygen atoms in total. The molecule has 1 aromatic carbocycles. The smallest absolute Gasteiger partial charge is 0.357 e. The van der Waals surface area contributed by atoms with E-state index < -0.39 is 11.8 Å². The first-order chi connectivity index (χ1) is 10.0. The number of benzene rings is 1. The van der Waals surface area contributed by atoms with Crippen LogP contribution in [0.15, 0.2) is 24.4 Å². The molecule has 0 unspecified atom stereocenters. The van der Waals surface area contributed by atoms with Gasteiger partial charge in [0.15, 0.2) is 5.69 Å². The fourth-order valence-corrected chi connectivity index (χ4v) is 1.87. The van der Waals surface area contributed by atoms with E-state index in [0.717, 1.165) is 17.7 Å². The van der Waals surface area contributed by atoms with Crippen molar-refractivity contribution in [2.45, 2.75) is 0 Å². The lowest BCUT2D eigenvalue weighted by molar-refractivity contribution is 0.0593. The summed E-state index contributed by atoms with van der Waals surface area (Å²) in [5.74, 6) is -1.48. The first kappa shape index (κ1) is 14.1. The summed E-state index contributed by atoms with van der Waals surface area (Å²) in [4.78, 5) is 11.8. The highest BCUT2D eigenvalue weighted by Gasteiger charge is 2.23. The van der Waals surface area contributed by atoms with Crippen LogP contribution in [0.1, 0.15) is 21.6 Å². The first-order valence-corrected chi connectivity index (χ1v) is 5.72. The van der Waals surface area contributed by atoms with Gasteiger partial charge in [0.1, 0.15) is 11.9 Å². The molecule has 0 bridgehead atoms. The molecule has 0 amide bonds. The zero-order valence-corrected chi connectivity index (χ0v) is 10.9. The molecule has 2 aromatic rings. The number of rotatable bonds is 2. The fraction of sp³-hybridized carbons (Fsp3) is 0.0714. The maximum Gasteiger partial charge on any atom is 0.357 e. The largest absolute Gasteiger partial charge is 0.464 e. The van der Waals surface area contributed by atoms with Crippen molar-refractivity contribution in [3.8, 4) is 17.8 Å². The minimum absolute atomic E-state index is 0.0113. The van der Waals surface area contributed by atoms with Crippen LogP contribution in [0.5, 0.6) is 0 Å². The molecule has 21 heavy (non-hydrogen) atoms. The summed E-state index contributed by atoms with van der Waals surface area (Å²) < 4.78 is 19.7. The van der Waals surface area contributed by atoms with Crippen molar-refractivity contribution in [1.29, 1.82) is 10.5 Å². The number of hydrogen-bond donors (Lipinski definition) is 1. The van der Waals surface area contributed by atoms with Crippen molar-refractivity contribution in [2.24, 2.45) is 0 Å². The van der Waals surface area contributed by atoms with E-state index in [1.165, 1.54) is 18.3 Å². The number of nitrogen functional groups attached to an aromatic ring is 1. The Hall–Kier alpha value is -3.32. The van der Waals surface area contributed by atoms with Crippen molar-refractivity contribution in [3.05, 3.63) is 47.0 Å². The van der Waals surface area contributed by atoms with Crippen molar-refractivity contribution in [2.75, 3.05) is 12.8 Å². The number of nitrogens with zero attached hydrogens (tertiary/aromatic N) is 3. The molecule has 0 fully saturated rings. The second-order valence-corrected chi connectivity index (χ2v) is 4.06. The highest BCUT2D eigenvalue weighted by Crippen LogP contribution is 2.26. The lowest BCUT2D eigenvalue weighted by Gasteiger charge is -2.09. The molecule has 0 aliphatic carbocycles. The van der Waals surface area contributed by atoms with E-state index >= 15 is 0 Å². The SMILES string of the molecule is COC(=O)c1c(N)c(C#N)cn1-c1cc(C#N)ccc1F. The van der Waals surface area contributed by atoms with Crippen LogP contribution in [0.2, 0.25) is 0 Å². The van der Waals surface area contributed by atoms with Gasteiger partial charge in [0.2, 0.25) is 0 Å². The number of esters is 1. The van der Waals surface area contributed by atoms with Gasteiger partial charge in [-0.3, -0.25) is 0 Å². The monoisotopic (exact) mass is 284 g/mol. The highest BCUT2D eigenvalue weighted by molar-refractivity contribution is 5.96. The van der Waals surface area contributed by atoms with Crippen LogP contribution in [0, 0.1) is 28.5 Å². The Balaban J connectivity index is 2.79. The zero-order valence-electron chi connectivity index (χ0n) is 10.9. The average Bonchev–Trinajstić information content (AvgIpc) is 2.83. The molecule has 1 heterocycles. The Morgan fingerprint density at radius 2 is 2.10 bits per heavy atom. The van der Waals surface area contributed by atoms with E-state index in [1.807, 2.05) is 12.1 Å². The third-order valence-electron chi connectivity index (χ3n) is 2.88. The van der Waals surface area contributed by atoms with E-state index in [9.17, 15) is 9.18 Å². The van der Waals surface area contributed by atoms with Crippen molar-refractivity contribution < 1.29 is 13.9 Å². The number of carbonyl (C=O) groups excluding carboxylic acids is 1. The summed E-state index contributed by atoms with van der Waals surface area (Å²) in [5, 5.41) is 17.9. The van der Waals surface area contributed by atoms with Gasteiger partial charge in [-0.2, -0.15) is 10.5 Å². The molecule has 0 aliphatic heterocycles. The summed E-state index contributed by atoms with van der Waals surface area (Å²) in [7, 11) is 1.15. The van der Waals surface area contributed by atoms with E-state index in [0.29, 0.717) is 0 Å². The van der Waals surface area contributed by atoms with Crippen LogP contribution >= 0.6 is 0 Å². The molecule has 0 atom stereocenters. The van der Waals surface area contributed by atoms with Crippen molar-refractivity contribution in [3.63, 3.8) is 0 Å². The predicted molar refractivity (Wildman–Crippen MR) is 70.9 cm³/mol. The number of carbonyl (C=O) groups is 1. The standard InChI is InChI=1S/C14H9FN4O2/c1-21-14(20)13-12(18)9(6-17)7-19(13)11-4-8(5-16)2-3-10(11)15/h2-4,7H,18H2,1H3. The third kappa shape index (κ3) is 2.28. The summed E-state index contributed by atoms with van der Waals surface area (Å²) in [6, 6.07) is 7.33. The average molecular weight is 284 g/mol. The first-order valence-electron chi connectivity index (χ1n) is 5.72. The Kier molecular flexibility index (Phi) is 3.59. The molecule has 2 N–H and O–H groups in total. The molecular formula is C14H9FN4O2. The van der Waals surface area contributed by atoms with Crippen molar-refractivity contribution >= 4 is 11.7 Å². The van der Waals surface area contributed by atoms with E-state index in [2.05, 4.69) is 4.74 Å². The predicted octanol–water partition coefficient (Wildman–Crippen LogP) is 1.73. The molecule has 0 saturated heterocycles. The Morgan fingerprint density at radius 3 is 2.67 bits per heavy atom. The number of nitrogens with two attached hydrogens (primary N) is 1. The Morgan fingerprint density at radius 1 is 1.38 bits per heavy atom. The second kappa shape index (κ2) is 5.35. The van der Waals surface area contributed by atoms with E-state index in [1.54, 1.807) is 0 Å². The molecule has 0 saturated carbocycles. The van der Waals surface area contributed by atoms with Crippen LogP contribution in [0.25, 0.3) is 5.69 Å². The number of ether oxygens (including phenoxy) is 1. The number of hydrogen-bond acceptors (Lipinski definition) is 5. The molecular weight excluding hydrogens is 275 g/mol. The quantitative estimate of drug-likeness (QED) is 0.845. The van der Waals surface area contributed by atoms with Crippen LogP contribution in [0.3, 0.4) is 0 Å². The topological polar surface area (TPSA) is 105 Å². The summed E-state index contributed by atoms with van der Waals surface area (Å²) >= 11 is 0. The number of nitriles is 2. The van der Waals surface area contributed by atoms with Gasteiger partial charge in [-0.25, -0.2) is 9.18 Å². The van der Waals surface area contributed by atoms with E-state index in [-0.39, 0.29) is 28.2 Å². The summed E-state index contributed by atoms with van der Waals surface area (Å²) in [6.45, 7) is 0. The van der Waals surface area contributed by atoms with Gasteiger partial charge in [-0.1, -0.05) is 0 Å². The number of aromatic nitrogens is 1. The van der Waals surface area contributed by atoms with Crippen molar-refractivity contribution in [1.82, 2.24) is 4.57 Å². The van der Waals surface area contributed by atoms with Gasteiger partial charge < -0.3 is 15.0 Å². The minimum atomic E-state index is -0.809.